The molecular formula is C14H23BrN2O. The molecular weight excluding hydrogens is 292 g/mol. The highest BCUT2D eigenvalue weighted by Gasteiger charge is 2.09. The van der Waals surface area contributed by atoms with Crippen molar-refractivity contribution in [1.29, 1.82) is 0 Å². The van der Waals surface area contributed by atoms with E-state index in [4.69, 9.17) is 0 Å². The maximum atomic E-state index is 10.1. The number of hydrogen-bond donors (Lipinski definition) is 2. The number of nitrogens with one attached hydrogen (secondary N) is 1. The summed E-state index contributed by atoms with van der Waals surface area (Å²) < 4.78 is 1.000. The van der Waals surface area contributed by atoms with Gasteiger partial charge in [-0.15, -0.1) is 0 Å². The van der Waals surface area contributed by atoms with Gasteiger partial charge < -0.3 is 15.3 Å². The van der Waals surface area contributed by atoms with Gasteiger partial charge in [0, 0.05) is 17.1 Å². The number of rotatable bonds is 7. The number of hydrogen-bond acceptors (Lipinski definition) is 3. The fraction of sp³-hybridized carbons (Fsp3) is 0.571. The van der Waals surface area contributed by atoms with Gasteiger partial charge in [-0.25, -0.2) is 0 Å². The molecule has 0 saturated carbocycles. The molecule has 2 N–H and O–H groups in total. The van der Waals surface area contributed by atoms with Gasteiger partial charge in [0.05, 0.1) is 6.10 Å². The first-order chi connectivity index (χ1) is 8.49. The van der Waals surface area contributed by atoms with Gasteiger partial charge in [-0.05, 0) is 51.7 Å². The van der Waals surface area contributed by atoms with Gasteiger partial charge >= 0.3 is 0 Å². The molecule has 0 spiro atoms. The van der Waals surface area contributed by atoms with E-state index in [1.807, 2.05) is 24.3 Å². The molecule has 102 valence electrons. The summed E-state index contributed by atoms with van der Waals surface area (Å²) in [7, 11) is 4.14. The van der Waals surface area contributed by atoms with Crippen molar-refractivity contribution < 1.29 is 5.11 Å². The van der Waals surface area contributed by atoms with E-state index in [0.717, 1.165) is 23.0 Å². The lowest BCUT2D eigenvalue weighted by Crippen LogP contribution is -2.32. The van der Waals surface area contributed by atoms with Gasteiger partial charge in [-0.1, -0.05) is 28.1 Å². The Balaban J connectivity index is 2.34. The van der Waals surface area contributed by atoms with E-state index in [2.05, 4.69) is 47.2 Å². The zero-order valence-corrected chi connectivity index (χ0v) is 12.9. The summed E-state index contributed by atoms with van der Waals surface area (Å²) >= 11 is 3.41. The largest absolute Gasteiger partial charge is 0.387 e. The molecule has 0 radical (unpaired) electrons. The van der Waals surface area contributed by atoms with Crippen LogP contribution < -0.4 is 5.32 Å². The molecule has 2 atom stereocenters. The minimum Gasteiger partial charge on any atom is -0.387 e. The van der Waals surface area contributed by atoms with E-state index >= 15 is 0 Å². The van der Waals surface area contributed by atoms with E-state index < -0.39 is 6.10 Å². The van der Waals surface area contributed by atoms with Crippen molar-refractivity contribution in [2.45, 2.75) is 25.5 Å². The van der Waals surface area contributed by atoms with Crippen molar-refractivity contribution in [3.63, 3.8) is 0 Å². The lowest BCUT2D eigenvalue weighted by Gasteiger charge is -2.19. The topological polar surface area (TPSA) is 35.5 Å². The third kappa shape index (κ3) is 5.96. The van der Waals surface area contributed by atoms with Gasteiger partial charge in [0.1, 0.15) is 0 Å². The molecule has 0 amide bonds. The molecule has 0 aliphatic heterocycles. The number of nitrogens with zero attached hydrogens (tertiary/aromatic N) is 1. The highest BCUT2D eigenvalue weighted by Crippen LogP contribution is 2.17. The van der Waals surface area contributed by atoms with Crippen LogP contribution >= 0.6 is 15.9 Å². The zero-order valence-electron chi connectivity index (χ0n) is 11.4. The van der Waals surface area contributed by atoms with Crippen LogP contribution in [0.1, 0.15) is 25.0 Å². The summed E-state index contributed by atoms with van der Waals surface area (Å²) in [4.78, 5) is 2.17. The van der Waals surface area contributed by atoms with Crippen molar-refractivity contribution >= 4 is 15.9 Å². The highest BCUT2D eigenvalue weighted by atomic mass is 79.9. The number of halogens is 1. The first-order valence-electron chi connectivity index (χ1n) is 6.30. The molecule has 0 aliphatic carbocycles. The van der Waals surface area contributed by atoms with Crippen molar-refractivity contribution in [3.05, 3.63) is 34.3 Å². The number of aliphatic hydroxyl groups is 1. The summed E-state index contributed by atoms with van der Waals surface area (Å²) in [6, 6.07) is 8.22. The Hall–Kier alpha value is -0.420. The van der Waals surface area contributed by atoms with E-state index in [1.165, 1.54) is 0 Å². The molecule has 0 aliphatic rings. The Bertz CT molecular complexity index is 357. The van der Waals surface area contributed by atoms with Gasteiger partial charge in [-0.3, -0.25) is 0 Å². The predicted octanol–water partition coefficient (Wildman–Crippen LogP) is 2.41. The lowest BCUT2D eigenvalue weighted by molar-refractivity contribution is 0.169. The monoisotopic (exact) mass is 314 g/mol. The smallest absolute Gasteiger partial charge is 0.0914 e. The van der Waals surface area contributed by atoms with Crippen molar-refractivity contribution in [3.8, 4) is 0 Å². The first kappa shape index (κ1) is 15.6. The van der Waals surface area contributed by atoms with Crippen LogP contribution in [0.2, 0.25) is 0 Å². The van der Waals surface area contributed by atoms with E-state index in [-0.39, 0.29) is 0 Å². The van der Waals surface area contributed by atoms with E-state index in [0.29, 0.717) is 12.6 Å². The quantitative estimate of drug-likeness (QED) is 0.811. The number of aliphatic hydroxyl groups excluding tert-OH is 1. The molecule has 0 aromatic heterocycles. The molecule has 0 heterocycles. The van der Waals surface area contributed by atoms with Crippen LogP contribution in [0.5, 0.6) is 0 Å². The van der Waals surface area contributed by atoms with Crippen LogP contribution in [-0.2, 0) is 0 Å². The van der Waals surface area contributed by atoms with Crippen molar-refractivity contribution in [2.24, 2.45) is 0 Å². The van der Waals surface area contributed by atoms with Crippen LogP contribution in [0.3, 0.4) is 0 Å². The molecule has 1 aromatic rings. The van der Waals surface area contributed by atoms with Crippen LogP contribution in [0.4, 0.5) is 0 Å². The van der Waals surface area contributed by atoms with Gasteiger partial charge in [0.2, 0.25) is 0 Å². The summed E-state index contributed by atoms with van der Waals surface area (Å²) in [6.07, 6.45) is 0.627. The van der Waals surface area contributed by atoms with E-state index in [9.17, 15) is 5.11 Å². The maximum absolute atomic E-state index is 10.1. The van der Waals surface area contributed by atoms with Gasteiger partial charge in [0.15, 0.2) is 0 Å². The number of benzene rings is 1. The zero-order chi connectivity index (χ0) is 13.5. The summed E-state index contributed by atoms with van der Waals surface area (Å²) in [5.41, 5.74) is 0.941. The summed E-state index contributed by atoms with van der Waals surface area (Å²) in [5.74, 6) is 0. The van der Waals surface area contributed by atoms with Crippen molar-refractivity contribution in [2.75, 3.05) is 27.2 Å². The van der Waals surface area contributed by atoms with Crippen LogP contribution in [0.15, 0.2) is 28.7 Å². The lowest BCUT2D eigenvalue weighted by atomic mass is 10.1. The molecule has 0 bridgehead atoms. The Morgan fingerprint density at radius 2 is 2.11 bits per heavy atom. The van der Waals surface area contributed by atoms with E-state index in [1.54, 1.807) is 0 Å². The van der Waals surface area contributed by atoms with Crippen LogP contribution in [-0.4, -0.2) is 43.2 Å². The summed E-state index contributed by atoms with van der Waals surface area (Å²) in [5, 5.41) is 13.4. The second-order valence-corrected chi connectivity index (χ2v) is 5.89. The standard InChI is InChI=1S/C14H23BrN2O/c1-11(7-8-17(2)3)16-10-14(18)12-5-4-6-13(15)9-12/h4-6,9,11,14,16,18H,7-8,10H2,1-3H3. The Morgan fingerprint density at radius 1 is 1.39 bits per heavy atom. The Morgan fingerprint density at radius 3 is 2.72 bits per heavy atom. The normalized spacial score (nSPS) is 14.8. The third-order valence-electron chi connectivity index (χ3n) is 2.90. The highest BCUT2D eigenvalue weighted by molar-refractivity contribution is 9.10. The Labute approximate surface area is 118 Å². The van der Waals surface area contributed by atoms with Gasteiger partial charge in [-0.2, -0.15) is 0 Å². The second kappa shape index (κ2) is 7.89. The first-order valence-corrected chi connectivity index (χ1v) is 7.10. The fourth-order valence-corrected chi connectivity index (χ4v) is 2.12. The molecule has 1 rings (SSSR count). The molecule has 4 heteroatoms. The molecule has 0 saturated heterocycles. The minimum absolute atomic E-state index is 0.411. The molecule has 0 fully saturated rings. The second-order valence-electron chi connectivity index (χ2n) is 4.97. The van der Waals surface area contributed by atoms with Crippen LogP contribution in [0, 0.1) is 0 Å². The van der Waals surface area contributed by atoms with Crippen molar-refractivity contribution in [1.82, 2.24) is 10.2 Å². The molecule has 1 aromatic carbocycles. The van der Waals surface area contributed by atoms with Crippen LogP contribution in [0.25, 0.3) is 0 Å². The fourth-order valence-electron chi connectivity index (χ4n) is 1.70. The average Bonchev–Trinajstić information content (AvgIpc) is 2.33. The molecule has 18 heavy (non-hydrogen) atoms. The molecule has 2 unspecified atom stereocenters. The Kier molecular flexibility index (Phi) is 6.86. The predicted molar refractivity (Wildman–Crippen MR) is 79.7 cm³/mol. The minimum atomic E-state index is -0.454. The SMILES string of the molecule is CC(CCN(C)C)NCC(O)c1cccc(Br)c1. The van der Waals surface area contributed by atoms with Gasteiger partial charge in [0.25, 0.3) is 0 Å². The summed E-state index contributed by atoms with van der Waals surface area (Å²) in [6.45, 7) is 3.79. The average molecular weight is 315 g/mol. The molecule has 3 nitrogen and oxygen atoms in total. The maximum Gasteiger partial charge on any atom is 0.0914 e. The third-order valence-corrected chi connectivity index (χ3v) is 3.40.